The second kappa shape index (κ2) is 6.52. The minimum Gasteiger partial charge on any atom is -0.478 e. The Morgan fingerprint density at radius 2 is 2.40 bits per heavy atom. The first kappa shape index (κ1) is 14.5. The molecule has 1 unspecified atom stereocenters. The topological polar surface area (TPSA) is 49.8 Å². The van der Waals surface area contributed by atoms with Gasteiger partial charge in [0.2, 0.25) is 0 Å². The number of benzene rings is 1. The van der Waals surface area contributed by atoms with Crippen LogP contribution in [0.15, 0.2) is 24.3 Å². The number of aliphatic carboxylic acids is 1. The Bertz CT molecular complexity index is 510. The van der Waals surface area contributed by atoms with Crippen LogP contribution in [0, 0.1) is 5.82 Å². The molecule has 1 fully saturated rings. The first-order valence-corrected chi connectivity index (χ1v) is 6.59. The predicted octanol–water partition coefficient (Wildman–Crippen LogP) is 2.54. The molecule has 0 spiro atoms. The van der Waals surface area contributed by atoms with Gasteiger partial charge in [-0.15, -0.1) is 0 Å². The van der Waals surface area contributed by atoms with E-state index < -0.39 is 5.97 Å². The van der Waals surface area contributed by atoms with Crippen LogP contribution in [0.5, 0.6) is 0 Å². The zero-order valence-corrected chi connectivity index (χ0v) is 11.4. The van der Waals surface area contributed by atoms with Crippen molar-refractivity contribution < 1.29 is 19.0 Å². The lowest BCUT2D eigenvalue weighted by Crippen LogP contribution is -2.29. The fourth-order valence-corrected chi connectivity index (χ4v) is 2.36. The normalized spacial score (nSPS) is 18.6. The fourth-order valence-electron chi connectivity index (χ4n) is 2.36. The summed E-state index contributed by atoms with van der Waals surface area (Å²) >= 11 is 0. The second-order valence-corrected chi connectivity index (χ2v) is 4.89. The highest BCUT2D eigenvalue weighted by Crippen LogP contribution is 2.24. The molecule has 1 N–H and O–H groups in total. The van der Waals surface area contributed by atoms with Gasteiger partial charge in [-0.1, -0.05) is 0 Å². The molecule has 1 aliphatic rings. The monoisotopic (exact) mass is 279 g/mol. The summed E-state index contributed by atoms with van der Waals surface area (Å²) in [6.07, 6.45) is 4.69. The summed E-state index contributed by atoms with van der Waals surface area (Å²) in [5.41, 5.74) is 1.34. The molecule has 0 saturated carbocycles. The molecule has 20 heavy (non-hydrogen) atoms. The molecule has 5 heteroatoms. The molecule has 0 bridgehead atoms. The summed E-state index contributed by atoms with van der Waals surface area (Å²) in [4.78, 5) is 12.6. The van der Waals surface area contributed by atoms with E-state index in [2.05, 4.69) is 0 Å². The van der Waals surface area contributed by atoms with Gasteiger partial charge in [0, 0.05) is 37.5 Å². The molecule has 0 aromatic heterocycles. The van der Waals surface area contributed by atoms with Crippen molar-refractivity contribution in [1.29, 1.82) is 0 Å². The van der Waals surface area contributed by atoms with Crippen LogP contribution in [0.1, 0.15) is 18.4 Å². The van der Waals surface area contributed by atoms with Gasteiger partial charge in [-0.05, 0) is 37.1 Å². The van der Waals surface area contributed by atoms with Crippen molar-refractivity contribution >= 4 is 17.7 Å². The van der Waals surface area contributed by atoms with Crippen molar-refractivity contribution in [3.63, 3.8) is 0 Å². The van der Waals surface area contributed by atoms with Crippen molar-refractivity contribution in [3.8, 4) is 0 Å². The molecule has 1 aromatic carbocycles. The number of likely N-dealkylation sites (N-methyl/N-ethyl adjacent to an activating group) is 1. The van der Waals surface area contributed by atoms with E-state index in [1.807, 2.05) is 11.9 Å². The highest BCUT2D eigenvalue weighted by Gasteiger charge is 2.18. The van der Waals surface area contributed by atoms with Crippen LogP contribution >= 0.6 is 0 Å². The molecule has 0 radical (unpaired) electrons. The number of halogens is 1. The standard InChI is InChI=1S/C15H18FNO3/c1-17(10-13-3-2-8-20-13)14-6-5-12(16)9-11(14)4-7-15(18)19/h4-7,9,13H,2-3,8,10H2,1H3,(H,18,19). The van der Waals surface area contributed by atoms with E-state index >= 15 is 0 Å². The smallest absolute Gasteiger partial charge is 0.328 e. The molecule has 1 aromatic rings. The second-order valence-electron chi connectivity index (χ2n) is 4.89. The third kappa shape index (κ3) is 3.81. The number of ether oxygens (including phenoxy) is 1. The Hall–Kier alpha value is -1.88. The van der Waals surface area contributed by atoms with Crippen LogP contribution in [-0.4, -0.2) is 37.4 Å². The zero-order chi connectivity index (χ0) is 14.5. The predicted molar refractivity (Wildman–Crippen MR) is 75.3 cm³/mol. The number of carbonyl (C=O) groups is 1. The Labute approximate surface area is 117 Å². The minimum atomic E-state index is -1.05. The van der Waals surface area contributed by atoms with Crippen LogP contribution < -0.4 is 4.90 Å². The molecular formula is C15H18FNO3. The summed E-state index contributed by atoms with van der Waals surface area (Å²) in [7, 11) is 1.90. The number of nitrogens with zero attached hydrogens (tertiary/aromatic N) is 1. The van der Waals surface area contributed by atoms with Gasteiger partial charge in [0.15, 0.2) is 0 Å². The molecular weight excluding hydrogens is 261 g/mol. The summed E-state index contributed by atoms with van der Waals surface area (Å²) < 4.78 is 18.9. The average Bonchev–Trinajstić information content (AvgIpc) is 2.89. The Balaban J connectivity index is 2.18. The van der Waals surface area contributed by atoms with Gasteiger partial charge in [-0.2, -0.15) is 0 Å². The molecule has 4 nitrogen and oxygen atoms in total. The van der Waals surface area contributed by atoms with E-state index in [1.165, 1.54) is 18.2 Å². The molecule has 1 heterocycles. The van der Waals surface area contributed by atoms with Gasteiger partial charge in [0.25, 0.3) is 0 Å². The van der Waals surface area contributed by atoms with Crippen molar-refractivity contribution in [1.82, 2.24) is 0 Å². The number of carboxylic acid groups (broad SMARTS) is 1. The number of hydrogen-bond acceptors (Lipinski definition) is 3. The van der Waals surface area contributed by atoms with Crippen molar-refractivity contribution in [2.75, 3.05) is 25.1 Å². The van der Waals surface area contributed by atoms with Crippen molar-refractivity contribution in [2.45, 2.75) is 18.9 Å². The average molecular weight is 279 g/mol. The third-order valence-corrected chi connectivity index (χ3v) is 3.31. The van der Waals surface area contributed by atoms with Gasteiger partial charge in [0.05, 0.1) is 6.10 Å². The Kier molecular flexibility index (Phi) is 4.74. The quantitative estimate of drug-likeness (QED) is 0.841. The highest BCUT2D eigenvalue weighted by atomic mass is 19.1. The van der Waals surface area contributed by atoms with E-state index in [0.29, 0.717) is 12.1 Å². The molecule has 2 rings (SSSR count). The third-order valence-electron chi connectivity index (χ3n) is 3.31. The molecule has 0 aliphatic carbocycles. The van der Waals surface area contributed by atoms with Crippen LogP contribution in [-0.2, 0) is 9.53 Å². The Morgan fingerprint density at radius 3 is 3.05 bits per heavy atom. The molecule has 108 valence electrons. The van der Waals surface area contributed by atoms with E-state index in [9.17, 15) is 9.18 Å². The number of hydrogen-bond donors (Lipinski definition) is 1. The van der Waals surface area contributed by atoms with E-state index in [4.69, 9.17) is 9.84 Å². The molecule has 0 amide bonds. The first-order chi connectivity index (χ1) is 9.56. The summed E-state index contributed by atoms with van der Waals surface area (Å²) in [6, 6.07) is 4.37. The zero-order valence-electron chi connectivity index (χ0n) is 11.4. The van der Waals surface area contributed by atoms with Crippen LogP contribution in [0.4, 0.5) is 10.1 Å². The number of carboxylic acids is 1. The highest BCUT2D eigenvalue weighted by molar-refractivity contribution is 5.87. The van der Waals surface area contributed by atoms with E-state index in [-0.39, 0.29) is 11.9 Å². The lowest BCUT2D eigenvalue weighted by molar-refractivity contribution is -0.131. The Morgan fingerprint density at radius 1 is 1.60 bits per heavy atom. The summed E-state index contributed by atoms with van der Waals surface area (Å²) in [5, 5.41) is 8.69. The number of anilines is 1. The largest absolute Gasteiger partial charge is 0.478 e. The van der Waals surface area contributed by atoms with E-state index in [1.54, 1.807) is 6.07 Å². The van der Waals surface area contributed by atoms with Crippen LogP contribution in [0.3, 0.4) is 0 Å². The first-order valence-electron chi connectivity index (χ1n) is 6.59. The van der Waals surface area contributed by atoms with Gasteiger partial charge < -0.3 is 14.7 Å². The van der Waals surface area contributed by atoms with Crippen molar-refractivity contribution in [3.05, 3.63) is 35.7 Å². The van der Waals surface area contributed by atoms with Crippen molar-refractivity contribution in [2.24, 2.45) is 0 Å². The molecule has 1 saturated heterocycles. The van der Waals surface area contributed by atoms with Gasteiger partial charge >= 0.3 is 5.97 Å². The maximum Gasteiger partial charge on any atom is 0.328 e. The minimum absolute atomic E-state index is 0.182. The van der Waals surface area contributed by atoms with Gasteiger partial charge in [-0.3, -0.25) is 0 Å². The lowest BCUT2D eigenvalue weighted by Gasteiger charge is -2.24. The SMILES string of the molecule is CN(CC1CCCO1)c1ccc(F)cc1C=CC(=O)O. The summed E-state index contributed by atoms with van der Waals surface area (Å²) in [5.74, 6) is -1.44. The van der Waals surface area contributed by atoms with E-state index in [0.717, 1.165) is 31.2 Å². The summed E-state index contributed by atoms with van der Waals surface area (Å²) in [6.45, 7) is 1.49. The number of rotatable bonds is 5. The fraction of sp³-hybridized carbons (Fsp3) is 0.400. The van der Waals surface area contributed by atoms with Gasteiger partial charge in [-0.25, -0.2) is 9.18 Å². The molecule has 1 atom stereocenters. The maximum absolute atomic E-state index is 13.3. The van der Waals surface area contributed by atoms with Crippen LogP contribution in [0.25, 0.3) is 6.08 Å². The van der Waals surface area contributed by atoms with Gasteiger partial charge in [0.1, 0.15) is 5.82 Å². The lowest BCUT2D eigenvalue weighted by atomic mass is 10.1. The maximum atomic E-state index is 13.3. The van der Waals surface area contributed by atoms with Crippen LogP contribution in [0.2, 0.25) is 0 Å². The molecule has 1 aliphatic heterocycles.